The lowest BCUT2D eigenvalue weighted by Crippen LogP contribution is -2.25. The van der Waals surface area contributed by atoms with Crippen molar-refractivity contribution in [1.29, 1.82) is 0 Å². The molecule has 2 rings (SSSR count). The van der Waals surface area contributed by atoms with Gasteiger partial charge < -0.3 is 4.74 Å². The Morgan fingerprint density at radius 1 is 0.963 bits per heavy atom. The second-order valence-electron chi connectivity index (χ2n) is 9.75. The maximum atomic E-state index is 6.31. The Balaban J connectivity index is 2.80. The fourth-order valence-electron chi connectivity index (χ4n) is 4.55. The van der Waals surface area contributed by atoms with Crippen LogP contribution < -0.4 is 4.74 Å². The minimum atomic E-state index is -0.122. The third-order valence-electron chi connectivity index (χ3n) is 6.35. The van der Waals surface area contributed by atoms with E-state index >= 15 is 0 Å². The van der Waals surface area contributed by atoms with E-state index in [9.17, 15) is 0 Å². The van der Waals surface area contributed by atoms with E-state index in [2.05, 4.69) is 87.9 Å². The molecule has 0 bridgehead atoms. The van der Waals surface area contributed by atoms with Gasteiger partial charge in [-0.05, 0) is 50.2 Å². The van der Waals surface area contributed by atoms with Crippen LogP contribution in [-0.2, 0) is 10.8 Å². The van der Waals surface area contributed by atoms with Gasteiger partial charge in [-0.3, -0.25) is 0 Å². The van der Waals surface area contributed by atoms with E-state index < -0.39 is 0 Å². The summed E-state index contributed by atoms with van der Waals surface area (Å²) in [5.41, 5.74) is 9.64. The molecule has 0 heterocycles. The molecule has 0 fully saturated rings. The van der Waals surface area contributed by atoms with Gasteiger partial charge in [0.1, 0.15) is 12.4 Å². The van der Waals surface area contributed by atoms with Gasteiger partial charge in [0.15, 0.2) is 0 Å². The molecule has 0 saturated carbocycles. The van der Waals surface area contributed by atoms with Gasteiger partial charge in [0.05, 0.1) is 0 Å². The van der Waals surface area contributed by atoms with Crippen LogP contribution in [0.2, 0.25) is 0 Å². The van der Waals surface area contributed by atoms with Crippen molar-refractivity contribution in [3.8, 4) is 5.75 Å². The number of aryl methyl sites for hydroxylation is 1. The molecule has 1 heteroatoms. The van der Waals surface area contributed by atoms with E-state index in [1.165, 1.54) is 39.0 Å². The number of benzene rings is 1. The lowest BCUT2D eigenvalue weighted by atomic mass is 9.71. The molecule has 0 amide bonds. The summed E-state index contributed by atoms with van der Waals surface area (Å²) in [5.74, 6) is 1.55. The van der Waals surface area contributed by atoms with Gasteiger partial charge in [0.2, 0.25) is 0 Å². The average molecular weight is 367 g/mol. The normalized spacial score (nSPS) is 18.4. The Morgan fingerprint density at radius 2 is 1.52 bits per heavy atom. The standard InChI is InChI=1S/C26H38O/c1-12-13-27-24-21(25(7,8)9)14-16(2)15-22(24)26(10,11)23-19(5)17(3)18(4)20(23)6/h12,14-15,17H,1,13H2,2-11H3. The summed E-state index contributed by atoms with van der Waals surface area (Å²) < 4.78 is 6.31. The van der Waals surface area contributed by atoms with Crippen molar-refractivity contribution in [2.24, 2.45) is 5.92 Å². The second kappa shape index (κ2) is 7.34. The smallest absolute Gasteiger partial charge is 0.127 e. The molecular formula is C26H38O. The zero-order chi connectivity index (χ0) is 20.7. The molecule has 0 N–H and O–H groups in total. The Hall–Kier alpha value is -1.76. The zero-order valence-corrected chi connectivity index (χ0v) is 19.1. The molecule has 1 aromatic carbocycles. The molecule has 1 aromatic rings. The summed E-state index contributed by atoms with van der Waals surface area (Å²) in [7, 11) is 0. The van der Waals surface area contributed by atoms with Crippen LogP contribution in [0.3, 0.4) is 0 Å². The van der Waals surface area contributed by atoms with Crippen LogP contribution in [0, 0.1) is 12.8 Å². The first kappa shape index (κ1) is 21.5. The SMILES string of the molecule is C=CCOc1c(C(C)(C)C)cc(C)cc1C(C)(C)C1=C(C)C(C)C(C)=C1C. The fourth-order valence-corrected chi connectivity index (χ4v) is 4.55. The molecule has 0 radical (unpaired) electrons. The highest BCUT2D eigenvalue weighted by Crippen LogP contribution is 2.50. The first-order chi connectivity index (χ1) is 12.3. The lowest BCUT2D eigenvalue weighted by molar-refractivity contribution is 0.340. The molecule has 1 atom stereocenters. The summed E-state index contributed by atoms with van der Waals surface area (Å²) >= 11 is 0. The van der Waals surface area contributed by atoms with E-state index in [0.717, 1.165) is 5.75 Å². The van der Waals surface area contributed by atoms with Crippen LogP contribution in [0.25, 0.3) is 0 Å². The van der Waals surface area contributed by atoms with Gasteiger partial charge >= 0.3 is 0 Å². The van der Waals surface area contributed by atoms with Gasteiger partial charge in [-0.25, -0.2) is 0 Å². The van der Waals surface area contributed by atoms with E-state index in [-0.39, 0.29) is 10.8 Å². The van der Waals surface area contributed by atoms with Crippen LogP contribution in [0.15, 0.2) is 47.1 Å². The molecule has 1 unspecified atom stereocenters. The number of hydrogen-bond donors (Lipinski definition) is 0. The largest absolute Gasteiger partial charge is 0.489 e. The number of allylic oxidation sites excluding steroid dienone is 4. The van der Waals surface area contributed by atoms with Crippen molar-refractivity contribution >= 4 is 0 Å². The van der Waals surface area contributed by atoms with Crippen molar-refractivity contribution in [1.82, 2.24) is 0 Å². The average Bonchev–Trinajstić information content (AvgIpc) is 2.75. The zero-order valence-electron chi connectivity index (χ0n) is 19.1. The fraction of sp³-hybridized carbons (Fsp3) is 0.538. The first-order valence-electron chi connectivity index (χ1n) is 10.1. The predicted molar refractivity (Wildman–Crippen MR) is 119 cm³/mol. The van der Waals surface area contributed by atoms with E-state index in [0.29, 0.717) is 12.5 Å². The third-order valence-corrected chi connectivity index (χ3v) is 6.35. The Morgan fingerprint density at radius 3 is 1.96 bits per heavy atom. The summed E-state index contributed by atoms with van der Waals surface area (Å²) in [5, 5.41) is 0. The summed E-state index contributed by atoms with van der Waals surface area (Å²) in [6, 6.07) is 4.60. The number of ether oxygens (including phenoxy) is 1. The summed E-state index contributed by atoms with van der Waals surface area (Å²) in [6.45, 7) is 27.2. The van der Waals surface area contributed by atoms with Crippen LogP contribution in [0.1, 0.15) is 79.0 Å². The second-order valence-corrected chi connectivity index (χ2v) is 9.75. The molecule has 0 spiro atoms. The van der Waals surface area contributed by atoms with Crippen LogP contribution in [0.4, 0.5) is 0 Å². The van der Waals surface area contributed by atoms with Crippen molar-refractivity contribution < 1.29 is 4.74 Å². The highest BCUT2D eigenvalue weighted by atomic mass is 16.5. The van der Waals surface area contributed by atoms with Crippen molar-refractivity contribution in [3.63, 3.8) is 0 Å². The Bertz CT molecular complexity index is 809. The van der Waals surface area contributed by atoms with Crippen molar-refractivity contribution in [2.45, 2.75) is 80.1 Å². The molecule has 0 aromatic heterocycles. The Kier molecular flexibility index (Phi) is 5.85. The lowest BCUT2D eigenvalue weighted by Gasteiger charge is -2.35. The molecule has 1 nitrogen and oxygen atoms in total. The van der Waals surface area contributed by atoms with Crippen LogP contribution >= 0.6 is 0 Å². The monoisotopic (exact) mass is 366 g/mol. The summed E-state index contributed by atoms with van der Waals surface area (Å²) in [4.78, 5) is 0. The first-order valence-corrected chi connectivity index (χ1v) is 10.1. The highest BCUT2D eigenvalue weighted by Gasteiger charge is 2.38. The highest BCUT2D eigenvalue weighted by molar-refractivity contribution is 5.60. The summed E-state index contributed by atoms with van der Waals surface area (Å²) in [6.07, 6.45) is 1.83. The molecule has 1 aliphatic rings. The molecular weight excluding hydrogens is 328 g/mol. The van der Waals surface area contributed by atoms with Gasteiger partial charge in [0.25, 0.3) is 0 Å². The van der Waals surface area contributed by atoms with E-state index in [1.54, 1.807) is 0 Å². The molecule has 148 valence electrons. The topological polar surface area (TPSA) is 9.23 Å². The molecule has 27 heavy (non-hydrogen) atoms. The minimum Gasteiger partial charge on any atom is -0.489 e. The maximum absolute atomic E-state index is 6.31. The van der Waals surface area contributed by atoms with Crippen molar-refractivity contribution in [3.05, 3.63) is 63.8 Å². The quantitative estimate of drug-likeness (QED) is 0.492. The predicted octanol–water partition coefficient (Wildman–Crippen LogP) is 7.44. The van der Waals surface area contributed by atoms with Gasteiger partial charge in [-0.15, -0.1) is 0 Å². The Labute approximate surface area is 167 Å². The van der Waals surface area contributed by atoms with E-state index in [1.807, 2.05) is 6.08 Å². The van der Waals surface area contributed by atoms with Crippen LogP contribution in [0.5, 0.6) is 5.75 Å². The van der Waals surface area contributed by atoms with Crippen molar-refractivity contribution in [2.75, 3.05) is 6.61 Å². The van der Waals surface area contributed by atoms with Gasteiger partial charge in [-0.2, -0.15) is 0 Å². The minimum absolute atomic E-state index is 0.0144. The van der Waals surface area contributed by atoms with E-state index in [4.69, 9.17) is 4.74 Å². The van der Waals surface area contributed by atoms with Gasteiger partial charge in [-0.1, -0.05) is 83.0 Å². The van der Waals surface area contributed by atoms with Crippen LogP contribution in [-0.4, -0.2) is 6.61 Å². The molecule has 0 aliphatic heterocycles. The van der Waals surface area contributed by atoms with Gasteiger partial charge in [0, 0.05) is 16.5 Å². The number of rotatable bonds is 5. The molecule has 1 aliphatic carbocycles. The maximum Gasteiger partial charge on any atom is 0.127 e. The molecule has 0 saturated heterocycles. The number of hydrogen-bond acceptors (Lipinski definition) is 1. The third kappa shape index (κ3) is 3.79.